The van der Waals surface area contributed by atoms with E-state index < -0.39 is 5.79 Å². The van der Waals surface area contributed by atoms with Gasteiger partial charge in [-0.1, -0.05) is 29.3 Å². The number of imidazole rings is 1. The molecule has 0 aliphatic carbocycles. The number of benzene rings is 3. The molecule has 2 heterocycles. The Kier molecular flexibility index (Phi) is 7.85. The minimum atomic E-state index is -1.12. The molecule has 1 aliphatic heterocycles. The summed E-state index contributed by atoms with van der Waals surface area (Å²) in [7, 11) is 1.58. The predicted octanol–water partition coefficient (Wildman–Crippen LogP) is 5.80. The molecule has 1 saturated heterocycles. The van der Waals surface area contributed by atoms with E-state index in [4.69, 9.17) is 42.1 Å². The maximum atomic E-state index is 12.5. The van der Waals surface area contributed by atoms with Crippen molar-refractivity contribution in [3.8, 4) is 11.5 Å². The van der Waals surface area contributed by atoms with Crippen molar-refractivity contribution in [2.24, 2.45) is 0 Å². The van der Waals surface area contributed by atoms with Crippen molar-refractivity contribution in [2.45, 2.75) is 18.4 Å². The van der Waals surface area contributed by atoms with Gasteiger partial charge in [-0.25, -0.2) is 4.98 Å². The van der Waals surface area contributed by atoms with Crippen LogP contribution in [0.15, 0.2) is 85.5 Å². The SMILES string of the molecule is COc1ccc(C(=O)Nc2ccc(OCC3COC(Cn4ccnc4)(c4ccc(Cl)cc4Cl)O3)cc2)cc1. The number of ether oxygens (including phenoxy) is 4. The van der Waals surface area contributed by atoms with Gasteiger partial charge in [0.05, 0.1) is 31.6 Å². The summed E-state index contributed by atoms with van der Waals surface area (Å²) < 4.78 is 25.6. The van der Waals surface area contributed by atoms with Gasteiger partial charge in [-0.15, -0.1) is 0 Å². The molecule has 2 unspecified atom stereocenters. The number of carbonyl (C=O) groups is 1. The van der Waals surface area contributed by atoms with Crippen LogP contribution in [0, 0.1) is 0 Å². The van der Waals surface area contributed by atoms with Crippen LogP contribution in [0.1, 0.15) is 15.9 Å². The Bertz CT molecular complexity index is 1380. The second-order valence-electron chi connectivity index (χ2n) is 8.68. The minimum absolute atomic E-state index is 0.215. The Morgan fingerprint density at radius 3 is 2.55 bits per heavy atom. The van der Waals surface area contributed by atoms with E-state index in [1.807, 2.05) is 16.8 Å². The fraction of sp³-hybridized carbons (Fsp3) is 0.214. The summed E-state index contributed by atoms with van der Waals surface area (Å²) in [6.45, 7) is 0.922. The van der Waals surface area contributed by atoms with Gasteiger partial charge in [0, 0.05) is 34.2 Å². The van der Waals surface area contributed by atoms with Crippen LogP contribution >= 0.6 is 23.2 Å². The summed E-state index contributed by atoms with van der Waals surface area (Å²) in [6, 6.07) is 19.3. The molecule has 196 valence electrons. The van der Waals surface area contributed by atoms with Crippen LogP contribution in [0.4, 0.5) is 5.69 Å². The van der Waals surface area contributed by atoms with E-state index in [9.17, 15) is 4.79 Å². The standard InChI is InChI=1S/C28H25Cl2N3O5/c1-35-22-7-2-19(3-8-22)27(34)32-21-5-9-23(10-6-21)36-15-24-16-37-28(38-24,17-33-13-12-31-18-33)25-11-4-20(29)14-26(25)30/h2-14,18,24H,15-17H2,1H3,(H,32,34). The van der Waals surface area contributed by atoms with E-state index >= 15 is 0 Å². The normalized spacial score (nSPS) is 18.8. The van der Waals surface area contributed by atoms with E-state index in [0.29, 0.717) is 51.5 Å². The molecule has 0 spiro atoms. The number of carbonyl (C=O) groups excluding carboxylic acids is 1. The molecule has 0 bridgehead atoms. The highest BCUT2D eigenvalue weighted by molar-refractivity contribution is 6.35. The maximum absolute atomic E-state index is 12.5. The third-order valence-electron chi connectivity index (χ3n) is 6.05. The van der Waals surface area contributed by atoms with Crippen LogP contribution < -0.4 is 14.8 Å². The Balaban J connectivity index is 1.21. The molecule has 1 aromatic heterocycles. The highest BCUT2D eigenvalue weighted by atomic mass is 35.5. The van der Waals surface area contributed by atoms with Crippen LogP contribution in [0.25, 0.3) is 0 Å². The molecule has 0 radical (unpaired) electrons. The van der Waals surface area contributed by atoms with Crippen molar-refractivity contribution < 1.29 is 23.7 Å². The predicted molar refractivity (Wildman–Crippen MR) is 144 cm³/mol. The first kappa shape index (κ1) is 26.1. The minimum Gasteiger partial charge on any atom is -0.497 e. The lowest BCUT2D eigenvalue weighted by molar-refractivity contribution is -0.189. The Morgan fingerprint density at radius 2 is 1.87 bits per heavy atom. The summed E-state index contributed by atoms with van der Waals surface area (Å²) in [5.74, 6) is -0.0121. The van der Waals surface area contributed by atoms with Crippen LogP contribution in [0.3, 0.4) is 0 Å². The van der Waals surface area contributed by atoms with E-state index in [1.54, 1.807) is 80.3 Å². The van der Waals surface area contributed by atoms with Crippen molar-refractivity contribution in [3.05, 3.63) is 107 Å². The van der Waals surface area contributed by atoms with Gasteiger partial charge in [0.1, 0.15) is 24.2 Å². The monoisotopic (exact) mass is 553 g/mol. The number of rotatable bonds is 9. The molecule has 2 atom stereocenters. The summed E-state index contributed by atoms with van der Waals surface area (Å²) in [6.07, 6.45) is 4.86. The van der Waals surface area contributed by atoms with Crippen molar-refractivity contribution in [1.29, 1.82) is 0 Å². The summed E-state index contributed by atoms with van der Waals surface area (Å²) in [4.78, 5) is 16.6. The number of anilines is 1. The second-order valence-corrected chi connectivity index (χ2v) is 9.52. The van der Waals surface area contributed by atoms with Crippen molar-refractivity contribution in [2.75, 3.05) is 25.6 Å². The number of aromatic nitrogens is 2. The van der Waals surface area contributed by atoms with Gasteiger partial charge in [0.15, 0.2) is 0 Å². The number of nitrogens with zero attached hydrogens (tertiary/aromatic N) is 2. The van der Waals surface area contributed by atoms with Crippen molar-refractivity contribution in [3.63, 3.8) is 0 Å². The van der Waals surface area contributed by atoms with E-state index in [-0.39, 0.29) is 18.6 Å². The van der Waals surface area contributed by atoms with Crippen LogP contribution in [-0.4, -0.2) is 41.9 Å². The zero-order valence-electron chi connectivity index (χ0n) is 20.5. The Morgan fingerprint density at radius 1 is 1.11 bits per heavy atom. The molecule has 4 aromatic rings. The zero-order chi connectivity index (χ0) is 26.5. The highest BCUT2D eigenvalue weighted by Crippen LogP contribution is 2.40. The van der Waals surface area contributed by atoms with Crippen LogP contribution in [-0.2, 0) is 21.8 Å². The molecule has 0 saturated carbocycles. The topological polar surface area (TPSA) is 83.8 Å². The molecule has 1 aliphatic rings. The van der Waals surface area contributed by atoms with E-state index in [2.05, 4.69) is 10.3 Å². The summed E-state index contributed by atoms with van der Waals surface area (Å²) in [5.41, 5.74) is 1.86. The Labute approximate surface area is 230 Å². The van der Waals surface area contributed by atoms with Gasteiger partial charge in [-0.3, -0.25) is 4.79 Å². The zero-order valence-corrected chi connectivity index (χ0v) is 22.0. The highest BCUT2D eigenvalue weighted by Gasteiger charge is 2.45. The molecule has 38 heavy (non-hydrogen) atoms. The largest absolute Gasteiger partial charge is 0.497 e. The third-order valence-corrected chi connectivity index (χ3v) is 6.60. The average Bonchev–Trinajstić information content (AvgIpc) is 3.59. The van der Waals surface area contributed by atoms with Crippen molar-refractivity contribution in [1.82, 2.24) is 9.55 Å². The number of methoxy groups -OCH3 is 1. The molecule has 5 rings (SSSR count). The summed E-state index contributed by atoms with van der Waals surface area (Å²) in [5, 5.41) is 3.85. The molecule has 10 heteroatoms. The molecule has 1 fully saturated rings. The second kappa shape index (κ2) is 11.4. The van der Waals surface area contributed by atoms with Crippen LogP contribution in [0.2, 0.25) is 10.0 Å². The number of halogens is 2. The fourth-order valence-corrected chi connectivity index (χ4v) is 4.70. The number of hydrogen-bond acceptors (Lipinski definition) is 6. The summed E-state index contributed by atoms with van der Waals surface area (Å²) >= 11 is 12.6. The third kappa shape index (κ3) is 5.95. The number of nitrogens with one attached hydrogen (secondary N) is 1. The van der Waals surface area contributed by atoms with Gasteiger partial charge in [0.2, 0.25) is 5.79 Å². The van der Waals surface area contributed by atoms with E-state index in [1.165, 1.54) is 0 Å². The maximum Gasteiger partial charge on any atom is 0.255 e. The lowest BCUT2D eigenvalue weighted by Crippen LogP contribution is -2.34. The van der Waals surface area contributed by atoms with Gasteiger partial charge in [-0.05, 0) is 60.7 Å². The smallest absolute Gasteiger partial charge is 0.255 e. The molecular weight excluding hydrogens is 529 g/mol. The van der Waals surface area contributed by atoms with Gasteiger partial charge in [-0.2, -0.15) is 0 Å². The number of amides is 1. The lowest BCUT2D eigenvalue weighted by atomic mass is 10.1. The van der Waals surface area contributed by atoms with Gasteiger partial charge >= 0.3 is 0 Å². The first-order valence-corrected chi connectivity index (χ1v) is 12.6. The first-order valence-electron chi connectivity index (χ1n) is 11.9. The Hall–Kier alpha value is -3.56. The van der Waals surface area contributed by atoms with E-state index in [0.717, 1.165) is 0 Å². The molecular formula is C28H25Cl2N3O5. The molecule has 1 N–H and O–H groups in total. The molecule has 8 nitrogen and oxygen atoms in total. The van der Waals surface area contributed by atoms with Crippen molar-refractivity contribution >= 4 is 34.8 Å². The van der Waals surface area contributed by atoms with Crippen LogP contribution in [0.5, 0.6) is 11.5 Å². The van der Waals surface area contributed by atoms with Gasteiger partial charge < -0.3 is 28.8 Å². The fourth-order valence-electron chi connectivity index (χ4n) is 4.14. The first-order chi connectivity index (χ1) is 18.4. The molecule has 3 aromatic carbocycles. The van der Waals surface area contributed by atoms with Gasteiger partial charge in [0.25, 0.3) is 5.91 Å². The average molecular weight is 554 g/mol. The lowest BCUT2D eigenvalue weighted by Gasteiger charge is -2.30. The quantitative estimate of drug-likeness (QED) is 0.282. The molecule has 1 amide bonds. The number of hydrogen-bond donors (Lipinski definition) is 1.